The normalized spacial score (nSPS) is 18.6. The number of thiazole rings is 1. The molecule has 1 fully saturated rings. The van der Waals surface area contributed by atoms with E-state index in [1.54, 1.807) is 27.6 Å². The van der Waals surface area contributed by atoms with Crippen molar-refractivity contribution in [1.29, 1.82) is 0 Å². The molecule has 0 aromatic carbocycles. The molecule has 4 nitrogen and oxygen atoms in total. The molecular weight excluding hydrogens is 292 g/mol. The Kier molecular flexibility index (Phi) is 4.14. The van der Waals surface area contributed by atoms with Gasteiger partial charge in [0.15, 0.2) is 0 Å². The molecule has 3 heterocycles. The third-order valence-electron chi connectivity index (χ3n) is 3.52. The maximum absolute atomic E-state index is 12.3. The SMILES string of the molecule is O=C(Cc1csc(-c2cccs2)n1)N1CCCC1CO. The summed E-state index contributed by atoms with van der Waals surface area (Å²) < 4.78 is 0. The van der Waals surface area contributed by atoms with E-state index in [2.05, 4.69) is 4.98 Å². The minimum atomic E-state index is -0.00194. The van der Waals surface area contributed by atoms with Crippen LogP contribution in [0.1, 0.15) is 18.5 Å². The lowest BCUT2D eigenvalue weighted by atomic mass is 10.2. The van der Waals surface area contributed by atoms with Crippen LogP contribution in [0.4, 0.5) is 0 Å². The summed E-state index contributed by atoms with van der Waals surface area (Å²) in [5.74, 6) is 0.0737. The number of aromatic nitrogens is 1. The molecule has 2 aromatic heterocycles. The third kappa shape index (κ3) is 2.77. The van der Waals surface area contributed by atoms with Crippen LogP contribution in [0.5, 0.6) is 0 Å². The van der Waals surface area contributed by atoms with Crippen molar-refractivity contribution >= 4 is 28.6 Å². The fraction of sp³-hybridized carbons (Fsp3) is 0.429. The number of carbonyl (C=O) groups is 1. The van der Waals surface area contributed by atoms with E-state index in [-0.39, 0.29) is 18.6 Å². The van der Waals surface area contributed by atoms with Gasteiger partial charge in [-0.2, -0.15) is 0 Å². The Bertz CT molecular complexity index is 580. The number of aliphatic hydroxyl groups is 1. The van der Waals surface area contributed by atoms with Crippen LogP contribution in [0, 0.1) is 0 Å². The summed E-state index contributed by atoms with van der Waals surface area (Å²) in [7, 11) is 0. The minimum absolute atomic E-state index is 0.00194. The molecule has 1 saturated heterocycles. The average molecular weight is 308 g/mol. The van der Waals surface area contributed by atoms with Gasteiger partial charge in [-0.3, -0.25) is 4.79 Å². The molecule has 106 valence electrons. The highest BCUT2D eigenvalue weighted by atomic mass is 32.1. The lowest BCUT2D eigenvalue weighted by Crippen LogP contribution is -2.38. The number of thiophene rings is 1. The molecule has 1 amide bonds. The predicted octanol–water partition coefficient (Wildman–Crippen LogP) is 2.40. The topological polar surface area (TPSA) is 53.4 Å². The lowest BCUT2D eigenvalue weighted by Gasteiger charge is -2.22. The predicted molar refractivity (Wildman–Crippen MR) is 81.0 cm³/mol. The van der Waals surface area contributed by atoms with E-state index < -0.39 is 0 Å². The standard InChI is InChI=1S/C14H16N2O2S2/c17-8-11-3-1-5-16(11)13(18)7-10-9-20-14(15-10)12-4-2-6-19-12/h2,4,6,9,11,17H,1,3,5,7-8H2. The summed E-state index contributed by atoms with van der Waals surface area (Å²) in [5.41, 5.74) is 0.826. The van der Waals surface area contributed by atoms with Crippen molar-refractivity contribution in [2.45, 2.75) is 25.3 Å². The van der Waals surface area contributed by atoms with Gasteiger partial charge >= 0.3 is 0 Å². The molecule has 1 unspecified atom stereocenters. The van der Waals surface area contributed by atoms with Crippen molar-refractivity contribution < 1.29 is 9.90 Å². The molecule has 2 aromatic rings. The summed E-state index contributed by atoms with van der Waals surface area (Å²) in [4.78, 5) is 19.7. The van der Waals surface area contributed by atoms with Gasteiger partial charge in [0.1, 0.15) is 5.01 Å². The first-order chi connectivity index (χ1) is 9.78. The fourth-order valence-electron chi connectivity index (χ4n) is 2.51. The van der Waals surface area contributed by atoms with Gasteiger partial charge in [-0.15, -0.1) is 22.7 Å². The summed E-state index contributed by atoms with van der Waals surface area (Å²) in [5, 5.41) is 14.2. The molecule has 1 N–H and O–H groups in total. The molecule has 1 atom stereocenters. The Morgan fingerprint density at radius 1 is 1.50 bits per heavy atom. The minimum Gasteiger partial charge on any atom is -0.394 e. The van der Waals surface area contributed by atoms with Gasteiger partial charge in [-0.25, -0.2) is 4.98 Å². The highest BCUT2D eigenvalue weighted by molar-refractivity contribution is 7.20. The van der Waals surface area contributed by atoms with E-state index in [0.29, 0.717) is 6.42 Å². The Labute approximate surface area is 125 Å². The summed E-state index contributed by atoms with van der Waals surface area (Å²) in [6, 6.07) is 4.04. The first kappa shape index (κ1) is 13.7. The molecule has 0 spiro atoms. The first-order valence-electron chi connectivity index (χ1n) is 6.66. The van der Waals surface area contributed by atoms with Gasteiger partial charge < -0.3 is 10.0 Å². The van der Waals surface area contributed by atoms with Crippen LogP contribution in [0.3, 0.4) is 0 Å². The van der Waals surface area contributed by atoms with Crippen molar-refractivity contribution in [2.24, 2.45) is 0 Å². The third-order valence-corrected chi connectivity index (χ3v) is 5.45. The smallest absolute Gasteiger partial charge is 0.228 e. The zero-order valence-corrected chi connectivity index (χ0v) is 12.6. The van der Waals surface area contributed by atoms with E-state index >= 15 is 0 Å². The van der Waals surface area contributed by atoms with Crippen LogP contribution in [0.2, 0.25) is 0 Å². The van der Waals surface area contributed by atoms with Gasteiger partial charge in [-0.05, 0) is 24.3 Å². The Balaban J connectivity index is 1.67. The Morgan fingerprint density at radius 2 is 2.40 bits per heavy atom. The lowest BCUT2D eigenvalue weighted by molar-refractivity contribution is -0.132. The molecular formula is C14H16N2O2S2. The van der Waals surface area contributed by atoms with Crippen LogP contribution < -0.4 is 0 Å². The van der Waals surface area contributed by atoms with E-state index in [1.165, 1.54) is 0 Å². The van der Waals surface area contributed by atoms with E-state index in [4.69, 9.17) is 0 Å². The van der Waals surface area contributed by atoms with Crippen LogP contribution in [0.25, 0.3) is 9.88 Å². The van der Waals surface area contributed by atoms with Crippen molar-refractivity contribution in [3.05, 3.63) is 28.6 Å². The molecule has 3 rings (SSSR count). The van der Waals surface area contributed by atoms with E-state index in [9.17, 15) is 9.90 Å². The van der Waals surface area contributed by atoms with Crippen molar-refractivity contribution in [3.63, 3.8) is 0 Å². The molecule has 1 aliphatic heterocycles. The second-order valence-electron chi connectivity index (χ2n) is 4.86. The van der Waals surface area contributed by atoms with Crippen LogP contribution in [0.15, 0.2) is 22.9 Å². The van der Waals surface area contributed by atoms with Gasteiger partial charge in [0.05, 0.1) is 29.6 Å². The number of hydrogen-bond acceptors (Lipinski definition) is 5. The van der Waals surface area contributed by atoms with Crippen LogP contribution >= 0.6 is 22.7 Å². The van der Waals surface area contributed by atoms with Crippen molar-refractivity contribution in [2.75, 3.05) is 13.2 Å². The average Bonchev–Trinajstić information content (AvgIpc) is 3.19. The molecule has 0 bridgehead atoms. The van der Waals surface area contributed by atoms with Gasteiger partial charge in [-0.1, -0.05) is 6.07 Å². The largest absolute Gasteiger partial charge is 0.394 e. The summed E-state index contributed by atoms with van der Waals surface area (Å²) in [6.45, 7) is 0.815. The second kappa shape index (κ2) is 6.03. The quantitative estimate of drug-likeness (QED) is 0.943. The Morgan fingerprint density at radius 3 is 3.15 bits per heavy atom. The molecule has 0 aliphatic carbocycles. The maximum atomic E-state index is 12.3. The number of likely N-dealkylation sites (tertiary alicyclic amines) is 1. The summed E-state index contributed by atoms with van der Waals surface area (Å²) >= 11 is 3.23. The Hall–Kier alpha value is -1.24. The highest BCUT2D eigenvalue weighted by Gasteiger charge is 2.28. The van der Waals surface area contributed by atoms with Crippen molar-refractivity contribution in [1.82, 2.24) is 9.88 Å². The molecule has 0 radical (unpaired) electrons. The van der Waals surface area contributed by atoms with Gasteiger partial charge in [0, 0.05) is 11.9 Å². The zero-order chi connectivity index (χ0) is 13.9. The van der Waals surface area contributed by atoms with Gasteiger partial charge in [0.25, 0.3) is 0 Å². The van der Waals surface area contributed by atoms with Crippen molar-refractivity contribution in [3.8, 4) is 9.88 Å². The number of rotatable bonds is 4. The number of amides is 1. The number of nitrogens with zero attached hydrogens (tertiary/aromatic N) is 2. The molecule has 6 heteroatoms. The summed E-state index contributed by atoms with van der Waals surface area (Å²) in [6.07, 6.45) is 2.21. The highest BCUT2D eigenvalue weighted by Crippen LogP contribution is 2.28. The number of hydrogen-bond donors (Lipinski definition) is 1. The second-order valence-corrected chi connectivity index (χ2v) is 6.67. The zero-order valence-electron chi connectivity index (χ0n) is 11.0. The van der Waals surface area contributed by atoms with Crippen LogP contribution in [-0.4, -0.2) is 40.1 Å². The van der Waals surface area contributed by atoms with Gasteiger partial charge in [0.2, 0.25) is 5.91 Å². The first-order valence-corrected chi connectivity index (χ1v) is 8.42. The fourth-order valence-corrected chi connectivity index (χ4v) is 4.15. The number of carbonyl (C=O) groups excluding carboxylic acids is 1. The molecule has 0 saturated carbocycles. The monoisotopic (exact) mass is 308 g/mol. The van der Waals surface area contributed by atoms with E-state index in [0.717, 1.165) is 35.0 Å². The maximum Gasteiger partial charge on any atom is 0.228 e. The molecule has 20 heavy (non-hydrogen) atoms. The van der Waals surface area contributed by atoms with E-state index in [1.807, 2.05) is 22.9 Å². The molecule has 1 aliphatic rings. The van der Waals surface area contributed by atoms with Crippen LogP contribution in [-0.2, 0) is 11.2 Å². The number of aliphatic hydroxyl groups excluding tert-OH is 1.